The van der Waals surface area contributed by atoms with Gasteiger partial charge in [0.2, 0.25) is 0 Å². The summed E-state index contributed by atoms with van der Waals surface area (Å²) in [6, 6.07) is 6.76. The summed E-state index contributed by atoms with van der Waals surface area (Å²) >= 11 is 6.43. The fraction of sp³-hybridized carbons (Fsp3) is 0.600. The van der Waals surface area contributed by atoms with Crippen LogP contribution in [0.2, 0.25) is 5.02 Å². The van der Waals surface area contributed by atoms with Gasteiger partial charge in [0.25, 0.3) is 0 Å². The minimum Gasteiger partial charge on any atom is -0.369 e. The molecule has 1 aromatic carbocycles. The minimum absolute atomic E-state index is 0.305. The van der Waals surface area contributed by atoms with Gasteiger partial charge in [0.1, 0.15) is 0 Å². The molecule has 1 aromatic rings. The van der Waals surface area contributed by atoms with Crippen molar-refractivity contribution in [1.82, 2.24) is 10.2 Å². The van der Waals surface area contributed by atoms with Crippen LogP contribution in [0.25, 0.3) is 0 Å². The summed E-state index contributed by atoms with van der Waals surface area (Å²) in [4.78, 5) is 4.77. The molecule has 1 N–H and O–H groups in total. The molecule has 1 aliphatic rings. The summed E-state index contributed by atoms with van der Waals surface area (Å²) in [5, 5.41) is 4.27. The lowest BCUT2D eigenvalue weighted by molar-refractivity contribution is 0.313. The number of hydrogen-bond donors (Lipinski definition) is 1. The van der Waals surface area contributed by atoms with Gasteiger partial charge < -0.3 is 15.1 Å². The highest BCUT2D eigenvalue weighted by Crippen LogP contribution is 2.28. The number of nitrogens with zero attached hydrogens (tertiary/aromatic N) is 2. The third-order valence-corrected chi connectivity index (χ3v) is 4.16. The molecule has 1 fully saturated rings. The van der Waals surface area contributed by atoms with Crippen molar-refractivity contribution >= 4 is 17.3 Å². The maximum atomic E-state index is 6.43. The molecule has 3 nitrogen and oxygen atoms in total. The van der Waals surface area contributed by atoms with Crippen molar-refractivity contribution in [3.8, 4) is 0 Å². The molecule has 0 aliphatic carbocycles. The average molecular weight is 282 g/mol. The van der Waals surface area contributed by atoms with Crippen LogP contribution in [0.4, 0.5) is 5.69 Å². The van der Waals surface area contributed by atoms with Gasteiger partial charge in [-0.25, -0.2) is 0 Å². The van der Waals surface area contributed by atoms with Crippen LogP contribution < -0.4 is 10.2 Å². The van der Waals surface area contributed by atoms with Gasteiger partial charge in [-0.05, 0) is 38.2 Å². The molecule has 0 amide bonds. The third kappa shape index (κ3) is 3.62. The first-order chi connectivity index (χ1) is 9.11. The normalized spacial score (nSPS) is 18.6. The molecular weight excluding hydrogens is 258 g/mol. The van der Waals surface area contributed by atoms with Crippen LogP contribution in [0, 0.1) is 0 Å². The molecule has 1 heterocycles. The largest absolute Gasteiger partial charge is 0.369 e. The maximum Gasteiger partial charge on any atom is 0.0474 e. The Morgan fingerprint density at radius 2 is 1.95 bits per heavy atom. The van der Waals surface area contributed by atoms with Crippen LogP contribution in [0.1, 0.15) is 25.5 Å². The van der Waals surface area contributed by atoms with Gasteiger partial charge in [-0.1, -0.05) is 24.6 Å². The van der Waals surface area contributed by atoms with E-state index < -0.39 is 0 Å². The van der Waals surface area contributed by atoms with Gasteiger partial charge in [-0.3, -0.25) is 0 Å². The van der Waals surface area contributed by atoms with E-state index in [2.05, 4.69) is 54.2 Å². The van der Waals surface area contributed by atoms with Gasteiger partial charge in [0, 0.05) is 42.9 Å². The summed E-state index contributed by atoms with van der Waals surface area (Å²) in [7, 11) is 2.17. The van der Waals surface area contributed by atoms with Crippen LogP contribution in [0.5, 0.6) is 0 Å². The van der Waals surface area contributed by atoms with E-state index in [0.29, 0.717) is 6.04 Å². The predicted octanol–water partition coefficient (Wildman–Crippen LogP) is 2.76. The first kappa shape index (κ1) is 14.6. The average Bonchev–Trinajstić information content (AvgIpc) is 2.39. The fourth-order valence-corrected chi connectivity index (χ4v) is 2.88. The second-order valence-electron chi connectivity index (χ2n) is 5.28. The Bertz CT molecular complexity index is 414. The van der Waals surface area contributed by atoms with Crippen LogP contribution in [0.3, 0.4) is 0 Å². The zero-order valence-corrected chi connectivity index (χ0v) is 12.9. The number of piperazine rings is 1. The molecule has 1 unspecified atom stereocenters. The van der Waals surface area contributed by atoms with Crippen molar-refractivity contribution in [3.05, 3.63) is 28.8 Å². The SMILES string of the molecule is CCNC(C)c1ccc(N2CCN(C)CC2)cc1Cl. The van der Waals surface area contributed by atoms with Gasteiger partial charge in [-0.2, -0.15) is 0 Å². The molecule has 1 atom stereocenters. The second-order valence-corrected chi connectivity index (χ2v) is 5.68. The van der Waals surface area contributed by atoms with E-state index in [9.17, 15) is 0 Å². The zero-order chi connectivity index (χ0) is 13.8. The maximum absolute atomic E-state index is 6.43. The molecule has 1 saturated heterocycles. The lowest BCUT2D eigenvalue weighted by Gasteiger charge is -2.34. The number of anilines is 1. The molecule has 0 saturated carbocycles. The standard InChI is InChI=1S/C15H24ClN3/c1-4-17-12(2)14-6-5-13(11-15(14)16)19-9-7-18(3)8-10-19/h5-6,11-12,17H,4,7-10H2,1-3H3. The van der Waals surface area contributed by atoms with E-state index in [1.807, 2.05) is 0 Å². The van der Waals surface area contributed by atoms with E-state index in [0.717, 1.165) is 37.7 Å². The molecule has 0 radical (unpaired) electrons. The van der Waals surface area contributed by atoms with Crippen molar-refractivity contribution in [2.75, 3.05) is 44.7 Å². The van der Waals surface area contributed by atoms with Crippen LogP contribution >= 0.6 is 11.6 Å². The monoisotopic (exact) mass is 281 g/mol. The van der Waals surface area contributed by atoms with Crippen LogP contribution in [-0.2, 0) is 0 Å². The highest BCUT2D eigenvalue weighted by molar-refractivity contribution is 6.31. The molecule has 106 valence electrons. The second kappa shape index (κ2) is 6.60. The summed E-state index contributed by atoms with van der Waals surface area (Å²) in [5.74, 6) is 0. The quantitative estimate of drug-likeness (QED) is 0.916. The van der Waals surface area contributed by atoms with E-state index >= 15 is 0 Å². The van der Waals surface area contributed by atoms with Gasteiger partial charge in [0.15, 0.2) is 0 Å². The van der Waals surface area contributed by atoms with Crippen LogP contribution in [-0.4, -0.2) is 44.7 Å². The first-order valence-electron chi connectivity index (χ1n) is 7.08. The lowest BCUT2D eigenvalue weighted by atomic mass is 10.1. The van der Waals surface area contributed by atoms with Gasteiger partial charge in [0.05, 0.1) is 0 Å². The number of hydrogen-bond acceptors (Lipinski definition) is 3. The van der Waals surface area contributed by atoms with Crippen molar-refractivity contribution < 1.29 is 0 Å². The summed E-state index contributed by atoms with van der Waals surface area (Å²) in [6.45, 7) is 9.62. The Morgan fingerprint density at radius 3 is 2.53 bits per heavy atom. The Hall–Kier alpha value is -0.770. The fourth-order valence-electron chi connectivity index (χ4n) is 2.54. The molecule has 19 heavy (non-hydrogen) atoms. The third-order valence-electron chi connectivity index (χ3n) is 3.83. The molecule has 0 spiro atoms. The van der Waals surface area contributed by atoms with E-state index in [1.165, 1.54) is 11.3 Å². The predicted molar refractivity (Wildman–Crippen MR) is 83.3 cm³/mol. The minimum atomic E-state index is 0.305. The first-order valence-corrected chi connectivity index (χ1v) is 7.46. The number of rotatable bonds is 4. The summed E-state index contributed by atoms with van der Waals surface area (Å²) < 4.78 is 0. The topological polar surface area (TPSA) is 18.5 Å². The molecule has 2 rings (SSSR count). The highest BCUT2D eigenvalue weighted by atomic mass is 35.5. The van der Waals surface area contributed by atoms with E-state index in [1.54, 1.807) is 0 Å². The molecule has 1 aliphatic heterocycles. The van der Waals surface area contributed by atoms with E-state index in [4.69, 9.17) is 11.6 Å². The Morgan fingerprint density at radius 1 is 1.26 bits per heavy atom. The number of nitrogens with one attached hydrogen (secondary N) is 1. The summed E-state index contributed by atoms with van der Waals surface area (Å²) in [5.41, 5.74) is 2.42. The molecule has 4 heteroatoms. The van der Waals surface area contributed by atoms with E-state index in [-0.39, 0.29) is 0 Å². The number of benzene rings is 1. The Kier molecular flexibility index (Phi) is 5.08. The van der Waals surface area contributed by atoms with Crippen LogP contribution in [0.15, 0.2) is 18.2 Å². The van der Waals surface area contributed by atoms with Crippen molar-refractivity contribution in [2.45, 2.75) is 19.9 Å². The van der Waals surface area contributed by atoms with Gasteiger partial charge >= 0.3 is 0 Å². The highest BCUT2D eigenvalue weighted by Gasteiger charge is 2.16. The Labute approximate surface area is 121 Å². The zero-order valence-electron chi connectivity index (χ0n) is 12.1. The molecular formula is C15H24ClN3. The molecule has 0 bridgehead atoms. The Balaban J connectivity index is 2.10. The van der Waals surface area contributed by atoms with Crippen molar-refractivity contribution in [1.29, 1.82) is 0 Å². The smallest absolute Gasteiger partial charge is 0.0474 e. The lowest BCUT2D eigenvalue weighted by Crippen LogP contribution is -2.44. The number of halogens is 1. The molecule has 0 aromatic heterocycles. The van der Waals surface area contributed by atoms with Crippen molar-refractivity contribution in [2.24, 2.45) is 0 Å². The number of likely N-dealkylation sites (N-methyl/N-ethyl adjacent to an activating group) is 1. The van der Waals surface area contributed by atoms with Crippen molar-refractivity contribution in [3.63, 3.8) is 0 Å². The summed E-state index contributed by atoms with van der Waals surface area (Å²) in [6.07, 6.45) is 0. The van der Waals surface area contributed by atoms with Gasteiger partial charge in [-0.15, -0.1) is 0 Å².